The summed E-state index contributed by atoms with van der Waals surface area (Å²) in [5.74, 6) is -0.566. The Morgan fingerprint density at radius 2 is 1.82 bits per heavy atom. The van der Waals surface area contributed by atoms with Gasteiger partial charge in [0.1, 0.15) is 5.75 Å². The molecule has 1 aromatic carbocycles. The SMILES string of the molecule is O=C(NC1CC2CCN(CC2)C1)c1ccc(Oc2ccc(C(F)(F)F)o2)cc1. The van der Waals surface area contributed by atoms with E-state index in [1.807, 2.05) is 0 Å². The minimum Gasteiger partial charge on any atom is -0.426 e. The number of nitrogens with zero attached hydrogens (tertiary/aromatic N) is 1. The summed E-state index contributed by atoms with van der Waals surface area (Å²) in [6, 6.07) is 8.30. The predicted octanol–water partition coefficient (Wildman–Crippen LogP) is 4.30. The van der Waals surface area contributed by atoms with E-state index in [0.717, 1.165) is 38.2 Å². The largest absolute Gasteiger partial charge is 0.449 e. The zero-order chi connectivity index (χ0) is 19.7. The summed E-state index contributed by atoms with van der Waals surface area (Å²) in [7, 11) is 0. The van der Waals surface area contributed by atoms with E-state index in [-0.39, 0.29) is 17.9 Å². The van der Waals surface area contributed by atoms with Crippen molar-refractivity contribution in [2.75, 3.05) is 19.6 Å². The van der Waals surface area contributed by atoms with Crippen LogP contribution in [0.15, 0.2) is 40.8 Å². The van der Waals surface area contributed by atoms with Crippen molar-refractivity contribution in [2.45, 2.75) is 31.5 Å². The molecule has 3 aliphatic heterocycles. The van der Waals surface area contributed by atoms with Crippen LogP contribution in [0.2, 0.25) is 0 Å². The monoisotopic (exact) mass is 394 g/mol. The molecular weight excluding hydrogens is 373 g/mol. The molecule has 3 fully saturated rings. The van der Waals surface area contributed by atoms with Crippen molar-refractivity contribution >= 4 is 5.91 Å². The van der Waals surface area contributed by atoms with Crippen LogP contribution in [0.4, 0.5) is 13.2 Å². The second-order valence-electron chi connectivity index (χ2n) is 7.39. The van der Waals surface area contributed by atoms with Crippen LogP contribution in [0, 0.1) is 5.92 Å². The highest BCUT2D eigenvalue weighted by Gasteiger charge is 2.35. The van der Waals surface area contributed by atoms with E-state index in [0.29, 0.717) is 17.2 Å². The number of carbonyl (C=O) groups excluding carboxylic acids is 1. The van der Waals surface area contributed by atoms with Gasteiger partial charge in [0.2, 0.25) is 5.76 Å². The van der Waals surface area contributed by atoms with Crippen LogP contribution in [-0.2, 0) is 6.18 Å². The van der Waals surface area contributed by atoms with E-state index in [1.54, 1.807) is 12.1 Å². The number of carbonyl (C=O) groups is 1. The Morgan fingerprint density at radius 1 is 1.11 bits per heavy atom. The van der Waals surface area contributed by atoms with Gasteiger partial charge in [0.25, 0.3) is 11.9 Å². The third-order valence-electron chi connectivity index (χ3n) is 5.33. The molecule has 8 heteroatoms. The molecule has 2 aromatic rings. The Balaban J connectivity index is 1.36. The zero-order valence-corrected chi connectivity index (χ0v) is 15.2. The van der Waals surface area contributed by atoms with E-state index < -0.39 is 11.9 Å². The van der Waals surface area contributed by atoms with Gasteiger partial charge >= 0.3 is 6.18 Å². The Kier molecular flexibility index (Phi) is 5.05. The minimum atomic E-state index is -4.56. The van der Waals surface area contributed by atoms with Gasteiger partial charge in [-0.15, -0.1) is 0 Å². The first-order chi connectivity index (χ1) is 13.4. The van der Waals surface area contributed by atoms with Crippen molar-refractivity contribution in [3.05, 3.63) is 47.7 Å². The molecule has 1 unspecified atom stereocenters. The second kappa shape index (κ2) is 7.50. The van der Waals surface area contributed by atoms with Gasteiger partial charge in [-0.05, 0) is 68.6 Å². The number of alkyl halides is 3. The molecule has 0 aliphatic carbocycles. The lowest BCUT2D eigenvalue weighted by Crippen LogP contribution is -2.41. The maximum absolute atomic E-state index is 12.6. The van der Waals surface area contributed by atoms with Crippen LogP contribution in [-0.4, -0.2) is 36.5 Å². The summed E-state index contributed by atoms with van der Waals surface area (Å²) >= 11 is 0. The lowest BCUT2D eigenvalue weighted by molar-refractivity contribution is -0.153. The molecule has 4 heterocycles. The minimum absolute atomic E-state index is 0.141. The fourth-order valence-corrected chi connectivity index (χ4v) is 3.88. The molecule has 5 nitrogen and oxygen atoms in total. The number of hydrogen-bond acceptors (Lipinski definition) is 4. The third-order valence-corrected chi connectivity index (χ3v) is 5.33. The maximum atomic E-state index is 12.6. The molecule has 1 aromatic heterocycles. The Labute approximate surface area is 160 Å². The second-order valence-corrected chi connectivity index (χ2v) is 7.39. The van der Waals surface area contributed by atoms with Crippen molar-refractivity contribution in [2.24, 2.45) is 5.92 Å². The number of rotatable bonds is 4. The number of ether oxygens (including phenoxy) is 1. The van der Waals surface area contributed by atoms with Crippen molar-refractivity contribution in [3.8, 4) is 11.7 Å². The first-order valence-electron chi connectivity index (χ1n) is 9.35. The number of furan rings is 1. The van der Waals surface area contributed by atoms with Gasteiger partial charge in [-0.3, -0.25) is 4.79 Å². The third kappa shape index (κ3) is 4.32. The number of fused-ring (bicyclic) bond motifs is 4. The van der Waals surface area contributed by atoms with Gasteiger partial charge in [-0.1, -0.05) is 0 Å². The molecule has 3 saturated heterocycles. The summed E-state index contributed by atoms with van der Waals surface area (Å²) in [4.78, 5) is 14.9. The highest BCUT2D eigenvalue weighted by molar-refractivity contribution is 5.94. The molecule has 1 amide bonds. The lowest BCUT2D eigenvalue weighted by Gasteiger charge is -2.26. The Bertz CT molecular complexity index is 810. The fourth-order valence-electron chi connectivity index (χ4n) is 3.88. The average molecular weight is 394 g/mol. The summed E-state index contributed by atoms with van der Waals surface area (Å²) in [6.45, 7) is 3.08. The summed E-state index contributed by atoms with van der Waals surface area (Å²) < 4.78 is 47.6. The van der Waals surface area contributed by atoms with Crippen molar-refractivity contribution in [1.29, 1.82) is 0 Å². The molecule has 0 spiro atoms. The van der Waals surface area contributed by atoms with Gasteiger partial charge in [0.15, 0.2) is 0 Å². The number of amides is 1. The van der Waals surface area contributed by atoms with Gasteiger partial charge in [0, 0.05) is 24.2 Å². The number of piperidine rings is 1. The first-order valence-corrected chi connectivity index (χ1v) is 9.35. The van der Waals surface area contributed by atoms with Crippen LogP contribution in [0.1, 0.15) is 35.4 Å². The van der Waals surface area contributed by atoms with E-state index in [1.165, 1.54) is 25.0 Å². The molecule has 28 heavy (non-hydrogen) atoms. The van der Waals surface area contributed by atoms with E-state index in [9.17, 15) is 18.0 Å². The van der Waals surface area contributed by atoms with Crippen LogP contribution in [0.25, 0.3) is 0 Å². The van der Waals surface area contributed by atoms with Gasteiger partial charge in [-0.25, -0.2) is 0 Å². The van der Waals surface area contributed by atoms with Crippen LogP contribution in [0.3, 0.4) is 0 Å². The lowest BCUT2D eigenvalue weighted by atomic mass is 9.94. The molecule has 3 aliphatic rings. The summed E-state index contributed by atoms with van der Waals surface area (Å²) in [5.41, 5.74) is 0.481. The summed E-state index contributed by atoms with van der Waals surface area (Å²) in [5, 5.41) is 3.10. The maximum Gasteiger partial charge on any atom is 0.449 e. The quantitative estimate of drug-likeness (QED) is 0.840. The van der Waals surface area contributed by atoms with Crippen LogP contribution < -0.4 is 10.1 Å². The van der Waals surface area contributed by atoms with Gasteiger partial charge in [-0.2, -0.15) is 13.2 Å². The van der Waals surface area contributed by atoms with Crippen molar-refractivity contribution < 1.29 is 27.1 Å². The molecule has 0 radical (unpaired) electrons. The van der Waals surface area contributed by atoms with Crippen LogP contribution in [0.5, 0.6) is 11.7 Å². The van der Waals surface area contributed by atoms with Crippen LogP contribution >= 0.6 is 0 Å². The number of halogens is 3. The highest BCUT2D eigenvalue weighted by Crippen LogP contribution is 2.34. The Morgan fingerprint density at radius 3 is 2.46 bits per heavy atom. The molecular formula is C20H21F3N2O3. The molecule has 1 N–H and O–H groups in total. The highest BCUT2D eigenvalue weighted by atomic mass is 19.4. The molecule has 150 valence electrons. The fraction of sp³-hybridized carbons (Fsp3) is 0.450. The van der Waals surface area contributed by atoms with Gasteiger partial charge < -0.3 is 19.4 Å². The normalized spacial score (nSPS) is 24.6. The van der Waals surface area contributed by atoms with Gasteiger partial charge in [0.05, 0.1) is 0 Å². The topological polar surface area (TPSA) is 54.7 Å². The number of hydrogen-bond donors (Lipinski definition) is 1. The molecule has 1 atom stereocenters. The van der Waals surface area contributed by atoms with E-state index >= 15 is 0 Å². The summed E-state index contributed by atoms with van der Waals surface area (Å²) in [6.07, 6.45) is -1.16. The van der Waals surface area contributed by atoms with E-state index in [4.69, 9.17) is 4.74 Å². The zero-order valence-electron chi connectivity index (χ0n) is 15.2. The number of nitrogens with one attached hydrogen (secondary N) is 1. The molecule has 5 rings (SSSR count). The first kappa shape index (κ1) is 18.9. The Hall–Kier alpha value is -2.48. The van der Waals surface area contributed by atoms with Crippen molar-refractivity contribution in [1.82, 2.24) is 10.2 Å². The predicted molar refractivity (Wildman–Crippen MR) is 95.3 cm³/mol. The smallest absolute Gasteiger partial charge is 0.426 e. The number of benzene rings is 1. The molecule has 0 saturated carbocycles. The average Bonchev–Trinajstić information content (AvgIpc) is 2.95. The molecule has 2 bridgehead atoms. The standard InChI is InChI=1S/C20H21F3N2O3/c21-20(22,23)17-5-6-18(28-17)27-16-3-1-14(2-4-16)19(26)24-15-11-13-7-9-25(12-15)10-8-13/h1-6,13,15H,7-12H2,(H,24,26). The van der Waals surface area contributed by atoms with Crippen molar-refractivity contribution in [3.63, 3.8) is 0 Å². The van der Waals surface area contributed by atoms with E-state index in [2.05, 4.69) is 14.6 Å².